The van der Waals surface area contributed by atoms with Gasteiger partial charge in [-0.2, -0.15) is 0 Å². The molecule has 0 saturated carbocycles. The smallest absolute Gasteiger partial charge is 0.206 e. The van der Waals surface area contributed by atoms with Crippen molar-refractivity contribution in [3.8, 4) is 0 Å². The molecule has 4 rings (SSSR count). The molecule has 1 aliphatic heterocycles. The second-order valence-electron chi connectivity index (χ2n) is 5.55. The van der Waals surface area contributed by atoms with Crippen LogP contribution in [0.2, 0.25) is 0 Å². The van der Waals surface area contributed by atoms with Gasteiger partial charge in [0.25, 0.3) is 0 Å². The van der Waals surface area contributed by atoms with Crippen molar-refractivity contribution in [2.45, 2.75) is 22.8 Å². The molecule has 0 spiro atoms. The van der Waals surface area contributed by atoms with Crippen LogP contribution in [-0.4, -0.2) is 15.0 Å². The standard InChI is InChI=1S/C17H14FNO3S/c18-11-1-3-12(4-2-11)23(20,21)13-5-6-14-15-7-8-19-10-17(15)22-16(14)9-13/h1-6,9,19H,7-8,10H2. The van der Waals surface area contributed by atoms with Crippen LogP contribution in [-0.2, 0) is 22.8 Å². The molecule has 2 heterocycles. The lowest BCUT2D eigenvalue weighted by atomic mass is 10.1. The number of benzene rings is 2. The van der Waals surface area contributed by atoms with Crippen molar-refractivity contribution in [3.05, 3.63) is 59.6 Å². The van der Waals surface area contributed by atoms with Crippen LogP contribution in [0.5, 0.6) is 0 Å². The molecule has 0 fully saturated rings. The van der Waals surface area contributed by atoms with Gasteiger partial charge in [-0.1, -0.05) is 0 Å². The van der Waals surface area contributed by atoms with Gasteiger partial charge in [0.1, 0.15) is 17.2 Å². The quantitative estimate of drug-likeness (QED) is 0.733. The van der Waals surface area contributed by atoms with Crippen LogP contribution in [0.4, 0.5) is 4.39 Å². The van der Waals surface area contributed by atoms with E-state index in [1.54, 1.807) is 18.2 Å². The van der Waals surface area contributed by atoms with E-state index in [-0.39, 0.29) is 9.79 Å². The Morgan fingerprint density at radius 2 is 1.78 bits per heavy atom. The average Bonchev–Trinajstić information content (AvgIpc) is 2.93. The van der Waals surface area contributed by atoms with Gasteiger partial charge in [-0.05, 0) is 49.4 Å². The number of sulfone groups is 1. The first-order valence-electron chi connectivity index (χ1n) is 7.31. The zero-order chi connectivity index (χ0) is 16.0. The Morgan fingerprint density at radius 3 is 2.57 bits per heavy atom. The average molecular weight is 331 g/mol. The first kappa shape index (κ1) is 14.4. The summed E-state index contributed by atoms with van der Waals surface area (Å²) in [5.41, 5.74) is 1.71. The predicted molar refractivity (Wildman–Crippen MR) is 83.5 cm³/mol. The molecule has 2 aromatic carbocycles. The van der Waals surface area contributed by atoms with E-state index in [0.717, 1.165) is 41.8 Å². The minimum atomic E-state index is -3.69. The van der Waals surface area contributed by atoms with Crippen LogP contribution in [0, 0.1) is 5.82 Å². The molecule has 0 bridgehead atoms. The SMILES string of the molecule is O=S(=O)(c1ccc(F)cc1)c1ccc2c3c(oc2c1)CNCC3. The Morgan fingerprint density at radius 1 is 1.04 bits per heavy atom. The van der Waals surface area contributed by atoms with Gasteiger partial charge in [0, 0.05) is 17.0 Å². The molecule has 0 amide bonds. The summed E-state index contributed by atoms with van der Waals surface area (Å²) in [4.78, 5) is 0.215. The second-order valence-corrected chi connectivity index (χ2v) is 7.50. The molecular weight excluding hydrogens is 317 g/mol. The Kier molecular flexibility index (Phi) is 3.25. The molecular formula is C17H14FNO3S. The molecule has 0 atom stereocenters. The molecule has 3 aromatic rings. The summed E-state index contributed by atoms with van der Waals surface area (Å²) in [5.74, 6) is 0.396. The molecule has 1 aliphatic rings. The number of fused-ring (bicyclic) bond motifs is 3. The predicted octanol–water partition coefficient (Wildman–Crippen LogP) is 3.05. The summed E-state index contributed by atoms with van der Waals surface area (Å²) < 4.78 is 44.1. The maximum absolute atomic E-state index is 13.0. The van der Waals surface area contributed by atoms with E-state index >= 15 is 0 Å². The fourth-order valence-corrected chi connectivity index (χ4v) is 4.21. The van der Waals surface area contributed by atoms with Gasteiger partial charge >= 0.3 is 0 Å². The summed E-state index contributed by atoms with van der Waals surface area (Å²) >= 11 is 0. The maximum Gasteiger partial charge on any atom is 0.206 e. The maximum atomic E-state index is 13.0. The van der Waals surface area contributed by atoms with Crippen LogP contribution in [0.3, 0.4) is 0 Å². The fraction of sp³-hybridized carbons (Fsp3) is 0.176. The lowest BCUT2D eigenvalue weighted by molar-refractivity contribution is 0.487. The van der Waals surface area contributed by atoms with E-state index in [1.165, 1.54) is 12.1 Å². The van der Waals surface area contributed by atoms with E-state index in [4.69, 9.17) is 4.42 Å². The molecule has 0 saturated heterocycles. The fourth-order valence-electron chi connectivity index (χ4n) is 2.93. The number of hydrogen-bond acceptors (Lipinski definition) is 4. The van der Waals surface area contributed by atoms with Gasteiger partial charge in [0.15, 0.2) is 0 Å². The zero-order valence-corrected chi connectivity index (χ0v) is 13.0. The summed E-state index contributed by atoms with van der Waals surface area (Å²) in [6.07, 6.45) is 0.867. The lowest BCUT2D eigenvalue weighted by Crippen LogP contribution is -2.22. The van der Waals surface area contributed by atoms with E-state index in [2.05, 4.69) is 5.32 Å². The van der Waals surface area contributed by atoms with Gasteiger partial charge in [-0.3, -0.25) is 0 Å². The van der Waals surface area contributed by atoms with Gasteiger partial charge in [0.05, 0.1) is 16.3 Å². The van der Waals surface area contributed by atoms with E-state index < -0.39 is 15.7 Å². The highest BCUT2D eigenvalue weighted by Gasteiger charge is 2.22. The molecule has 1 aromatic heterocycles. The lowest BCUT2D eigenvalue weighted by Gasteiger charge is -2.10. The van der Waals surface area contributed by atoms with E-state index in [1.807, 2.05) is 0 Å². The van der Waals surface area contributed by atoms with E-state index in [0.29, 0.717) is 12.1 Å². The Hall–Kier alpha value is -2.18. The van der Waals surface area contributed by atoms with Crippen LogP contribution >= 0.6 is 0 Å². The summed E-state index contributed by atoms with van der Waals surface area (Å²) in [7, 11) is -3.69. The summed E-state index contributed by atoms with van der Waals surface area (Å²) in [6, 6.07) is 9.74. The van der Waals surface area contributed by atoms with Crippen molar-refractivity contribution >= 4 is 20.8 Å². The summed E-state index contributed by atoms with van der Waals surface area (Å²) in [5, 5.41) is 4.19. The van der Waals surface area contributed by atoms with Crippen molar-refractivity contribution in [2.24, 2.45) is 0 Å². The Bertz CT molecular complexity index is 991. The third-order valence-corrected chi connectivity index (χ3v) is 5.89. The minimum absolute atomic E-state index is 0.0660. The van der Waals surface area contributed by atoms with Gasteiger partial charge < -0.3 is 9.73 Å². The number of hydrogen-bond donors (Lipinski definition) is 1. The molecule has 118 valence electrons. The highest BCUT2D eigenvalue weighted by atomic mass is 32.2. The molecule has 23 heavy (non-hydrogen) atoms. The molecule has 0 radical (unpaired) electrons. The minimum Gasteiger partial charge on any atom is -0.459 e. The highest BCUT2D eigenvalue weighted by Crippen LogP contribution is 2.31. The zero-order valence-electron chi connectivity index (χ0n) is 12.2. The Balaban J connectivity index is 1.84. The van der Waals surface area contributed by atoms with Crippen LogP contribution in [0.15, 0.2) is 56.7 Å². The third kappa shape index (κ3) is 2.34. The normalized spacial score (nSPS) is 14.8. The largest absolute Gasteiger partial charge is 0.459 e. The van der Waals surface area contributed by atoms with Crippen molar-refractivity contribution < 1.29 is 17.2 Å². The molecule has 0 aliphatic carbocycles. The first-order valence-corrected chi connectivity index (χ1v) is 8.80. The number of furan rings is 1. The van der Waals surface area contributed by atoms with Crippen LogP contribution in [0.1, 0.15) is 11.3 Å². The Labute approximate surface area is 132 Å². The van der Waals surface area contributed by atoms with Gasteiger partial charge in [0.2, 0.25) is 9.84 Å². The van der Waals surface area contributed by atoms with Gasteiger partial charge in [-0.15, -0.1) is 0 Å². The number of nitrogens with one attached hydrogen (secondary N) is 1. The van der Waals surface area contributed by atoms with E-state index in [9.17, 15) is 12.8 Å². The third-order valence-electron chi connectivity index (χ3n) is 4.12. The number of rotatable bonds is 2. The van der Waals surface area contributed by atoms with Crippen molar-refractivity contribution in [3.63, 3.8) is 0 Å². The molecule has 1 N–H and O–H groups in total. The van der Waals surface area contributed by atoms with Crippen molar-refractivity contribution in [1.82, 2.24) is 5.32 Å². The monoisotopic (exact) mass is 331 g/mol. The molecule has 6 heteroatoms. The van der Waals surface area contributed by atoms with Crippen LogP contribution in [0.25, 0.3) is 11.0 Å². The first-order chi connectivity index (χ1) is 11.1. The van der Waals surface area contributed by atoms with Crippen molar-refractivity contribution in [1.29, 1.82) is 0 Å². The highest BCUT2D eigenvalue weighted by molar-refractivity contribution is 7.91. The van der Waals surface area contributed by atoms with Crippen LogP contribution < -0.4 is 5.32 Å². The second kappa shape index (κ2) is 5.18. The molecule has 4 nitrogen and oxygen atoms in total. The van der Waals surface area contributed by atoms with Gasteiger partial charge in [-0.25, -0.2) is 12.8 Å². The van der Waals surface area contributed by atoms with Crippen molar-refractivity contribution in [2.75, 3.05) is 6.54 Å². The number of halogens is 1. The topological polar surface area (TPSA) is 59.3 Å². The molecule has 0 unspecified atom stereocenters. The summed E-state index contributed by atoms with van der Waals surface area (Å²) in [6.45, 7) is 1.54.